The Morgan fingerprint density at radius 1 is 1.53 bits per heavy atom. The molecule has 4 nitrogen and oxygen atoms in total. The van der Waals surface area contributed by atoms with E-state index in [0.717, 1.165) is 36.0 Å². The van der Waals surface area contributed by atoms with Gasteiger partial charge in [-0.05, 0) is 61.9 Å². The molecule has 0 saturated heterocycles. The summed E-state index contributed by atoms with van der Waals surface area (Å²) in [5.74, 6) is 0.689. The second-order valence-corrected chi connectivity index (χ2v) is 6.53. The average Bonchev–Trinajstić information content (AvgIpc) is 2.68. The molecule has 2 rings (SSSR count). The molecule has 1 aromatic rings. The lowest BCUT2D eigenvalue weighted by Gasteiger charge is -2.36. The number of halogens is 1. The number of ether oxygens (including phenoxy) is 1. The molecule has 2 N–H and O–H groups in total. The molecule has 1 heterocycles. The Morgan fingerprint density at radius 3 is 2.79 bits per heavy atom. The second kappa shape index (κ2) is 6.37. The van der Waals surface area contributed by atoms with Crippen LogP contribution in [0.25, 0.3) is 0 Å². The maximum Gasteiger partial charge on any atom is 0.0696 e. The fourth-order valence-corrected chi connectivity index (χ4v) is 3.39. The minimum absolute atomic E-state index is 0.0480. The molecule has 0 aliphatic heterocycles. The molecule has 0 bridgehead atoms. The fourth-order valence-electron chi connectivity index (χ4n) is 2.82. The molecule has 0 amide bonds. The summed E-state index contributed by atoms with van der Waals surface area (Å²) in [6.07, 6.45) is 5.62. The first-order valence-corrected chi connectivity index (χ1v) is 7.92. The smallest absolute Gasteiger partial charge is 0.0696 e. The highest BCUT2D eigenvalue weighted by Gasteiger charge is 2.32. The van der Waals surface area contributed by atoms with Gasteiger partial charge in [0, 0.05) is 18.7 Å². The van der Waals surface area contributed by atoms with Crippen LogP contribution < -0.4 is 5.73 Å². The standard InChI is InChI=1S/C14H24BrN3O/c1-4-19-11-5-10(6-11)7-13(16)14-12(15)8-17-18(14)9(2)3/h8-11,13H,4-7,16H2,1-3H3. The van der Waals surface area contributed by atoms with Crippen molar-refractivity contribution < 1.29 is 4.74 Å². The summed E-state index contributed by atoms with van der Waals surface area (Å²) in [6, 6.07) is 0.386. The van der Waals surface area contributed by atoms with E-state index in [9.17, 15) is 0 Å². The van der Waals surface area contributed by atoms with Gasteiger partial charge in [-0.2, -0.15) is 5.10 Å². The first-order valence-electron chi connectivity index (χ1n) is 7.13. The Labute approximate surface area is 123 Å². The number of nitrogens with two attached hydrogens (primary N) is 1. The number of rotatable bonds is 6. The zero-order chi connectivity index (χ0) is 14.0. The molecule has 1 unspecified atom stereocenters. The van der Waals surface area contributed by atoms with E-state index in [2.05, 4.69) is 41.8 Å². The topological polar surface area (TPSA) is 53.1 Å². The lowest BCUT2D eigenvalue weighted by molar-refractivity contribution is -0.0284. The maximum atomic E-state index is 6.38. The molecule has 108 valence electrons. The van der Waals surface area contributed by atoms with Crippen molar-refractivity contribution in [3.05, 3.63) is 16.4 Å². The van der Waals surface area contributed by atoms with E-state index in [1.165, 1.54) is 0 Å². The summed E-state index contributed by atoms with van der Waals surface area (Å²) >= 11 is 3.56. The summed E-state index contributed by atoms with van der Waals surface area (Å²) in [5, 5.41) is 4.40. The summed E-state index contributed by atoms with van der Waals surface area (Å²) in [6.45, 7) is 7.13. The van der Waals surface area contributed by atoms with Gasteiger partial charge in [-0.3, -0.25) is 4.68 Å². The van der Waals surface area contributed by atoms with Gasteiger partial charge in [0.25, 0.3) is 0 Å². The molecule has 5 heteroatoms. The van der Waals surface area contributed by atoms with Crippen LogP contribution in [0.1, 0.15) is 57.8 Å². The summed E-state index contributed by atoms with van der Waals surface area (Å²) in [4.78, 5) is 0. The molecule has 19 heavy (non-hydrogen) atoms. The predicted molar refractivity (Wildman–Crippen MR) is 80.0 cm³/mol. The van der Waals surface area contributed by atoms with Crippen molar-refractivity contribution in [3.8, 4) is 0 Å². The van der Waals surface area contributed by atoms with Crippen LogP contribution in [0.5, 0.6) is 0 Å². The highest BCUT2D eigenvalue weighted by molar-refractivity contribution is 9.10. The van der Waals surface area contributed by atoms with Gasteiger partial charge in [0.15, 0.2) is 0 Å². The molecular formula is C14H24BrN3O. The Hall–Kier alpha value is -0.390. The molecule has 1 aromatic heterocycles. The third kappa shape index (κ3) is 3.38. The number of hydrogen-bond donors (Lipinski definition) is 1. The number of aromatic nitrogens is 2. The van der Waals surface area contributed by atoms with Gasteiger partial charge in [0.05, 0.1) is 22.5 Å². The molecule has 1 fully saturated rings. The zero-order valence-corrected chi connectivity index (χ0v) is 13.6. The lowest BCUT2D eigenvalue weighted by atomic mass is 9.78. The van der Waals surface area contributed by atoms with Crippen LogP contribution in [0, 0.1) is 5.92 Å². The minimum Gasteiger partial charge on any atom is -0.378 e. The zero-order valence-electron chi connectivity index (χ0n) is 12.0. The molecule has 0 aromatic carbocycles. The summed E-state index contributed by atoms with van der Waals surface area (Å²) in [5.41, 5.74) is 7.50. The SMILES string of the molecule is CCOC1CC(CC(N)c2c(Br)cnn2C(C)C)C1. The van der Waals surface area contributed by atoms with Crippen LogP contribution in [0.15, 0.2) is 10.7 Å². The molecule has 1 aliphatic rings. The molecule has 1 atom stereocenters. The van der Waals surface area contributed by atoms with E-state index in [1.54, 1.807) is 0 Å². The van der Waals surface area contributed by atoms with E-state index in [0.29, 0.717) is 18.1 Å². The Bertz CT molecular complexity index is 413. The number of nitrogens with zero attached hydrogens (tertiary/aromatic N) is 2. The van der Waals surface area contributed by atoms with Gasteiger partial charge >= 0.3 is 0 Å². The van der Waals surface area contributed by atoms with Gasteiger partial charge in [0.2, 0.25) is 0 Å². The highest BCUT2D eigenvalue weighted by atomic mass is 79.9. The minimum atomic E-state index is 0.0480. The summed E-state index contributed by atoms with van der Waals surface area (Å²) < 4.78 is 8.64. The largest absolute Gasteiger partial charge is 0.378 e. The van der Waals surface area contributed by atoms with Crippen LogP contribution >= 0.6 is 15.9 Å². The molecule has 1 aliphatic carbocycles. The van der Waals surface area contributed by atoms with Gasteiger partial charge in [-0.15, -0.1) is 0 Å². The third-order valence-electron chi connectivity index (χ3n) is 3.81. The van der Waals surface area contributed by atoms with Crippen molar-refractivity contribution in [3.63, 3.8) is 0 Å². The Kier molecular flexibility index (Phi) is 5.03. The maximum absolute atomic E-state index is 6.38. The monoisotopic (exact) mass is 329 g/mol. The van der Waals surface area contributed by atoms with Crippen molar-refractivity contribution in [2.75, 3.05) is 6.61 Å². The van der Waals surface area contributed by atoms with Crippen LogP contribution in [-0.4, -0.2) is 22.5 Å². The highest BCUT2D eigenvalue weighted by Crippen LogP contribution is 2.37. The Morgan fingerprint density at radius 2 is 2.21 bits per heavy atom. The van der Waals surface area contributed by atoms with E-state index >= 15 is 0 Å². The van der Waals surface area contributed by atoms with Gasteiger partial charge in [-0.1, -0.05) is 0 Å². The van der Waals surface area contributed by atoms with Gasteiger partial charge in [-0.25, -0.2) is 0 Å². The average molecular weight is 330 g/mol. The van der Waals surface area contributed by atoms with Crippen LogP contribution in [0.3, 0.4) is 0 Å². The summed E-state index contributed by atoms with van der Waals surface area (Å²) in [7, 11) is 0. The van der Waals surface area contributed by atoms with Crippen LogP contribution in [0.4, 0.5) is 0 Å². The second-order valence-electron chi connectivity index (χ2n) is 5.67. The third-order valence-corrected chi connectivity index (χ3v) is 4.42. The van der Waals surface area contributed by atoms with Crippen molar-refractivity contribution in [2.24, 2.45) is 11.7 Å². The molecule has 0 radical (unpaired) electrons. The quantitative estimate of drug-likeness (QED) is 0.869. The van der Waals surface area contributed by atoms with Crippen molar-refractivity contribution in [2.45, 2.75) is 58.2 Å². The van der Waals surface area contributed by atoms with Crippen LogP contribution in [0.2, 0.25) is 0 Å². The van der Waals surface area contributed by atoms with Crippen molar-refractivity contribution >= 4 is 15.9 Å². The molecule has 0 spiro atoms. The van der Waals surface area contributed by atoms with Crippen LogP contribution in [-0.2, 0) is 4.74 Å². The van der Waals surface area contributed by atoms with E-state index in [-0.39, 0.29) is 6.04 Å². The Balaban J connectivity index is 1.94. The fraction of sp³-hybridized carbons (Fsp3) is 0.786. The molecular weight excluding hydrogens is 306 g/mol. The van der Waals surface area contributed by atoms with E-state index in [1.807, 2.05) is 10.9 Å². The van der Waals surface area contributed by atoms with Crippen molar-refractivity contribution in [1.29, 1.82) is 0 Å². The normalized spacial score (nSPS) is 24.5. The predicted octanol–water partition coefficient (Wildman–Crippen LogP) is 3.43. The molecule has 1 saturated carbocycles. The van der Waals surface area contributed by atoms with E-state index in [4.69, 9.17) is 10.5 Å². The van der Waals surface area contributed by atoms with E-state index < -0.39 is 0 Å². The first-order chi connectivity index (χ1) is 9.02. The lowest BCUT2D eigenvalue weighted by Crippen LogP contribution is -2.34. The number of hydrogen-bond acceptors (Lipinski definition) is 3. The van der Waals surface area contributed by atoms with Crippen molar-refractivity contribution in [1.82, 2.24) is 9.78 Å². The van der Waals surface area contributed by atoms with Gasteiger partial charge < -0.3 is 10.5 Å². The first kappa shape index (κ1) is 15.0. The van der Waals surface area contributed by atoms with Gasteiger partial charge in [0.1, 0.15) is 0 Å².